The number of carbonyl (C=O) groups excluding carboxylic acids is 2. The summed E-state index contributed by atoms with van der Waals surface area (Å²) in [4.78, 5) is 25.1. The summed E-state index contributed by atoms with van der Waals surface area (Å²) in [5.74, 6) is 0.711. The number of amides is 2. The van der Waals surface area contributed by atoms with Gasteiger partial charge in [0.25, 0.3) is 0 Å². The molecule has 0 bridgehead atoms. The molecule has 1 aromatic carbocycles. The zero-order valence-corrected chi connectivity index (χ0v) is 19.8. The second-order valence-corrected chi connectivity index (χ2v) is 12.5. The van der Waals surface area contributed by atoms with Crippen molar-refractivity contribution in [2.45, 2.75) is 6.42 Å². The van der Waals surface area contributed by atoms with Gasteiger partial charge < -0.3 is 36.9 Å². The van der Waals surface area contributed by atoms with Crippen molar-refractivity contribution in [3.05, 3.63) is 29.8 Å². The molecule has 10 heteroatoms. The van der Waals surface area contributed by atoms with Gasteiger partial charge in [-0.25, -0.2) is 14.8 Å². The summed E-state index contributed by atoms with van der Waals surface area (Å²) in [5, 5.41) is 3.16. The fourth-order valence-electron chi connectivity index (χ4n) is 2.49. The van der Waals surface area contributed by atoms with Gasteiger partial charge in [0.1, 0.15) is 18.0 Å². The van der Waals surface area contributed by atoms with Crippen molar-refractivity contribution >= 4 is 33.4 Å². The van der Waals surface area contributed by atoms with Gasteiger partial charge in [-0.1, -0.05) is 12.2 Å². The predicted octanol–water partition coefficient (Wildman–Crippen LogP) is 1.83. The number of nitrogens with two attached hydrogens (primary N) is 3. The second-order valence-electron chi connectivity index (χ2n) is 7.92. The maximum Gasteiger partial charge on any atom is 0.409 e. The van der Waals surface area contributed by atoms with Gasteiger partial charge in [0, 0.05) is 38.0 Å². The molecule has 0 fully saturated rings. The van der Waals surface area contributed by atoms with Crippen LogP contribution in [0.2, 0.25) is 0 Å². The van der Waals surface area contributed by atoms with Crippen molar-refractivity contribution in [3.63, 3.8) is 0 Å². The number of ether oxygens (including phenoxy) is 2. The maximum atomic E-state index is 12.1. The first-order chi connectivity index (χ1) is 14.5. The van der Waals surface area contributed by atoms with Gasteiger partial charge in [-0.3, -0.25) is 4.79 Å². The molecule has 0 unspecified atom stereocenters. The molecular formula is C21H37N5O4S. The Labute approximate surface area is 186 Å². The number of nitrogens with one attached hydrogen (secondary N) is 1. The van der Waals surface area contributed by atoms with Crippen LogP contribution in [0.5, 0.6) is 5.75 Å². The quantitative estimate of drug-likeness (QED) is 0.202. The molecule has 9 nitrogen and oxygen atoms in total. The third-order valence-electron chi connectivity index (χ3n) is 4.24. The van der Waals surface area contributed by atoms with E-state index in [2.05, 4.69) is 24.1 Å². The summed E-state index contributed by atoms with van der Waals surface area (Å²) in [6, 6.07) is 3.06. The second kappa shape index (κ2) is 13.0. The Balaban J connectivity index is 2.63. The summed E-state index contributed by atoms with van der Waals surface area (Å²) in [6.45, 7) is 2.14. The molecule has 1 rings (SSSR count). The van der Waals surface area contributed by atoms with Crippen molar-refractivity contribution in [3.8, 4) is 5.75 Å². The largest absolute Gasteiger partial charge is 0.491 e. The van der Waals surface area contributed by atoms with E-state index in [1.165, 1.54) is 11.0 Å². The van der Waals surface area contributed by atoms with Gasteiger partial charge in [-0.15, -0.1) is 0 Å². The highest BCUT2D eigenvalue weighted by Gasteiger charge is 2.14. The smallest absolute Gasteiger partial charge is 0.409 e. The van der Waals surface area contributed by atoms with E-state index in [9.17, 15) is 9.59 Å². The van der Waals surface area contributed by atoms with Crippen molar-refractivity contribution in [2.75, 3.05) is 75.5 Å². The molecule has 0 radical (unpaired) electrons. The maximum absolute atomic E-state index is 12.1. The van der Waals surface area contributed by atoms with E-state index >= 15 is 0 Å². The summed E-state index contributed by atoms with van der Waals surface area (Å²) in [7, 11) is 0.989. The van der Waals surface area contributed by atoms with Gasteiger partial charge in [-0.05, 0) is 37.3 Å². The summed E-state index contributed by atoms with van der Waals surface area (Å²) >= 11 is 0. The molecule has 0 aliphatic rings. The first-order valence-corrected chi connectivity index (χ1v) is 13.1. The lowest BCUT2D eigenvalue weighted by atomic mass is 10.1. The minimum Gasteiger partial charge on any atom is -0.491 e. The molecule has 2 amide bonds. The van der Waals surface area contributed by atoms with Gasteiger partial charge in [-0.2, -0.15) is 0 Å². The van der Waals surface area contributed by atoms with Crippen LogP contribution in [0.25, 0.3) is 0 Å². The Hall–Kier alpha value is -2.59. The molecule has 176 valence electrons. The third-order valence-corrected chi connectivity index (χ3v) is 5.64. The van der Waals surface area contributed by atoms with Crippen LogP contribution in [-0.4, -0.2) is 81.3 Å². The Kier molecular flexibility index (Phi) is 11.1. The van der Waals surface area contributed by atoms with E-state index in [1.807, 2.05) is 12.2 Å². The highest BCUT2D eigenvalue weighted by atomic mass is 32.3. The van der Waals surface area contributed by atoms with Crippen molar-refractivity contribution < 1.29 is 19.1 Å². The summed E-state index contributed by atoms with van der Waals surface area (Å²) in [6.07, 6.45) is 10.5. The lowest BCUT2D eigenvalue weighted by molar-refractivity contribution is 0.0999. The molecular weight excluding hydrogens is 418 g/mol. The van der Waals surface area contributed by atoms with Crippen LogP contribution in [0.1, 0.15) is 16.8 Å². The van der Waals surface area contributed by atoms with Crippen molar-refractivity contribution in [2.24, 2.45) is 11.5 Å². The van der Waals surface area contributed by atoms with Crippen LogP contribution in [0.4, 0.5) is 16.2 Å². The van der Waals surface area contributed by atoms with E-state index in [1.54, 1.807) is 13.1 Å². The van der Waals surface area contributed by atoms with E-state index in [0.29, 0.717) is 56.4 Å². The van der Waals surface area contributed by atoms with E-state index < -0.39 is 15.9 Å². The molecule has 0 spiro atoms. The first-order valence-electron chi connectivity index (χ1n) is 10.0. The van der Waals surface area contributed by atoms with Crippen molar-refractivity contribution in [1.29, 1.82) is 0 Å². The van der Waals surface area contributed by atoms with Gasteiger partial charge in [0.2, 0.25) is 5.91 Å². The molecule has 0 atom stereocenters. The number of primary amides is 1. The van der Waals surface area contributed by atoms with Crippen LogP contribution in [-0.2, 0) is 4.74 Å². The third kappa shape index (κ3) is 10.3. The number of nitrogen functional groups attached to an aromatic ring is 1. The topological polar surface area (TPSA) is 146 Å². The first kappa shape index (κ1) is 26.4. The Morgan fingerprint density at radius 3 is 2.52 bits per heavy atom. The monoisotopic (exact) mass is 455 g/mol. The Bertz CT molecular complexity index is 765. The Morgan fingerprint density at radius 2 is 1.90 bits per heavy atom. The standard InChI is InChI=1S/C21H37N5O4S/c1-26(21(28)30-12-13-31(2,3)4)10-7-11-29-18-15-16(20(24)27)14-17(23)19(18)25-9-6-5-8-22/h5-6,14-15,25H,7-13,22-23H2,1-4H3,(H2,24,27)/b6-5+. The lowest BCUT2D eigenvalue weighted by Gasteiger charge is -2.25. The molecule has 0 aliphatic heterocycles. The number of rotatable bonds is 13. The molecule has 7 N–H and O–H groups in total. The molecule has 1 aromatic rings. The lowest BCUT2D eigenvalue weighted by Crippen LogP contribution is -2.30. The molecule has 0 saturated heterocycles. The minimum atomic E-state index is -0.700. The number of hydrogen-bond acceptors (Lipinski definition) is 7. The van der Waals surface area contributed by atoms with Crippen LogP contribution in [0.15, 0.2) is 24.3 Å². The average molecular weight is 456 g/mol. The van der Waals surface area contributed by atoms with Crippen molar-refractivity contribution in [1.82, 2.24) is 4.90 Å². The molecule has 0 heterocycles. The van der Waals surface area contributed by atoms with E-state index in [4.69, 9.17) is 26.7 Å². The van der Waals surface area contributed by atoms with Crippen LogP contribution < -0.4 is 27.3 Å². The zero-order valence-electron chi connectivity index (χ0n) is 19.0. The Morgan fingerprint density at radius 1 is 1.19 bits per heavy atom. The number of carbonyl (C=O) groups is 2. The van der Waals surface area contributed by atoms with E-state index in [-0.39, 0.29) is 11.7 Å². The van der Waals surface area contributed by atoms with Gasteiger partial charge in [0.15, 0.2) is 0 Å². The predicted molar refractivity (Wildman–Crippen MR) is 130 cm³/mol. The van der Waals surface area contributed by atoms with E-state index in [0.717, 1.165) is 5.75 Å². The molecule has 0 aromatic heterocycles. The summed E-state index contributed by atoms with van der Waals surface area (Å²) < 4.78 is 11.2. The molecule has 0 aliphatic carbocycles. The normalized spacial score (nSPS) is 11.9. The minimum absolute atomic E-state index is 0.261. The molecule has 0 saturated carbocycles. The fraction of sp³-hybridized carbons (Fsp3) is 0.524. The highest BCUT2D eigenvalue weighted by Crippen LogP contribution is 2.34. The summed E-state index contributed by atoms with van der Waals surface area (Å²) in [5.41, 5.74) is 18.1. The van der Waals surface area contributed by atoms with Crippen LogP contribution >= 0.6 is 10.0 Å². The average Bonchev–Trinajstić information content (AvgIpc) is 2.68. The number of hydrogen-bond donors (Lipinski definition) is 4. The SMILES string of the molecule is CN(CCCOc1cc(C(N)=O)cc(N)c1NC/C=C/CN)C(=O)OCCS(C)(C)C. The number of benzene rings is 1. The molecule has 31 heavy (non-hydrogen) atoms. The van der Waals surface area contributed by atoms with Gasteiger partial charge in [0.05, 0.1) is 12.3 Å². The number of nitrogens with zero attached hydrogens (tertiary/aromatic N) is 1. The fourth-order valence-corrected chi connectivity index (χ4v) is 3.07. The zero-order chi connectivity index (χ0) is 23.4. The van der Waals surface area contributed by atoms with Gasteiger partial charge >= 0.3 is 6.09 Å². The van der Waals surface area contributed by atoms with Crippen LogP contribution in [0, 0.1) is 0 Å². The van der Waals surface area contributed by atoms with Crippen LogP contribution in [0.3, 0.4) is 0 Å². The number of anilines is 2. The highest BCUT2D eigenvalue weighted by molar-refractivity contribution is 8.32.